The molecular weight excluding hydrogens is 230 g/mol. The average Bonchev–Trinajstić information content (AvgIpc) is 2.84. The van der Waals surface area contributed by atoms with E-state index in [9.17, 15) is 4.79 Å². The van der Waals surface area contributed by atoms with Crippen molar-refractivity contribution in [3.8, 4) is 0 Å². The lowest BCUT2D eigenvalue weighted by molar-refractivity contribution is 0.0788. The van der Waals surface area contributed by atoms with Gasteiger partial charge in [-0.3, -0.25) is 4.79 Å². The molecule has 18 heavy (non-hydrogen) atoms. The van der Waals surface area contributed by atoms with Gasteiger partial charge in [0.25, 0.3) is 5.91 Å². The smallest absolute Gasteiger partial charge is 0.253 e. The molecule has 1 saturated heterocycles. The number of nitrogens with zero attached hydrogens (tertiary/aromatic N) is 2. The van der Waals surface area contributed by atoms with Gasteiger partial charge in [-0.15, -0.1) is 0 Å². The lowest BCUT2D eigenvalue weighted by Crippen LogP contribution is -2.28. The molecule has 1 aliphatic rings. The minimum Gasteiger partial charge on any atom is -0.409 e. The van der Waals surface area contributed by atoms with Crippen molar-refractivity contribution in [1.82, 2.24) is 4.90 Å². The van der Waals surface area contributed by atoms with Gasteiger partial charge in [-0.2, -0.15) is 0 Å². The van der Waals surface area contributed by atoms with Crippen molar-refractivity contribution >= 4 is 11.7 Å². The summed E-state index contributed by atoms with van der Waals surface area (Å²) in [5.41, 5.74) is 6.70. The molecule has 1 heterocycles. The highest BCUT2D eigenvalue weighted by Crippen LogP contribution is 2.18. The van der Waals surface area contributed by atoms with Gasteiger partial charge >= 0.3 is 0 Å². The zero-order valence-corrected chi connectivity index (χ0v) is 10.3. The van der Waals surface area contributed by atoms with Crippen LogP contribution >= 0.6 is 0 Å². The van der Waals surface area contributed by atoms with Crippen molar-refractivity contribution in [3.63, 3.8) is 0 Å². The van der Waals surface area contributed by atoms with Crippen LogP contribution in [0.3, 0.4) is 0 Å². The number of rotatable bonds is 2. The molecule has 1 atom stereocenters. The number of hydrogen-bond donors (Lipinski definition) is 2. The van der Waals surface area contributed by atoms with E-state index in [1.54, 1.807) is 24.3 Å². The van der Waals surface area contributed by atoms with Gasteiger partial charge in [-0.1, -0.05) is 24.2 Å². The molecule has 0 spiro atoms. The molecule has 0 aromatic heterocycles. The van der Waals surface area contributed by atoms with Crippen LogP contribution < -0.4 is 5.73 Å². The molecule has 5 heteroatoms. The molecule has 0 bridgehead atoms. The lowest BCUT2D eigenvalue weighted by Gasteiger charge is -2.15. The molecule has 1 unspecified atom stereocenters. The normalized spacial score (nSPS) is 20.2. The molecule has 1 aromatic carbocycles. The second-order valence-electron chi connectivity index (χ2n) is 4.71. The van der Waals surface area contributed by atoms with Gasteiger partial charge in [0, 0.05) is 24.2 Å². The van der Waals surface area contributed by atoms with Crippen molar-refractivity contribution in [2.75, 3.05) is 13.1 Å². The van der Waals surface area contributed by atoms with E-state index in [1.165, 1.54) is 0 Å². The van der Waals surface area contributed by atoms with Gasteiger partial charge in [0.1, 0.15) is 0 Å². The molecule has 0 radical (unpaired) electrons. The molecule has 2 rings (SSSR count). The Morgan fingerprint density at radius 1 is 1.39 bits per heavy atom. The van der Waals surface area contributed by atoms with Crippen LogP contribution in [-0.2, 0) is 0 Å². The summed E-state index contributed by atoms with van der Waals surface area (Å²) in [7, 11) is 0. The number of amides is 1. The van der Waals surface area contributed by atoms with Crippen LogP contribution in [0.15, 0.2) is 29.4 Å². The van der Waals surface area contributed by atoms with Crippen molar-refractivity contribution in [2.24, 2.45) is 16.8 Å². The standard InChI is InChI=1S/C13H17N3O2/c1-9-6-7-16(8-9)13(17)11-4-2-10(3-5-11)12(14)15-18/h2-5,9,18H,6-8H2,1H3,(H2,14,15). The molecule has 0 aliphatic carbocycles. The number of oxime groups is 1. The summed E-state index contributed by atoms with van der Waals surface area (Å²) in [6.45, 7) is 3.79. The molecule has 96 valence electrons. The monoisotopic (exact) mass is 247 g/mol. The third-order valence-corrected chi connectivity index (χ3v) is 3.25. The Morgan fingerprint density at radius 3 is 2.50 bits per heavy atom. The molecule has 1 aromatic rings. The van der Waals surface area contributed by atoms with Crippen LogP contribution in [0.1, 0.15) is 29.3 Å². The molecule has 1 aliphatic heterocycles. The largest absolute Gasteiger partial charge is 0.409 e. The van der Waals surface area contributed by atoms with Crippen LogP contribution in [0.5, 0.6) is 0 Å². The van der Waals surface area contributed by atoms with Gasteiger partial charge in [-0.05, 0) is 24.5 Å². The molecule has 1 amide bonds. The lowest BCUT2D eigenvalue weighted by atomic mass is 10.1. The van der Waals surface area contributed by atoms with E-state index in [2.05, 4.69) is 12.1 Å². The Balaban J connectivity index is 2.12. The van der Waals surface area contributed by atoms with Crippen LogP contribution in [-0.4, -0.2) is 34.9 Å². The first-order valence-corrected chi connectivity index (χ1v) is 5.99. The van der Waals surface area contributed by atoms with E-state index in [0.29, 0.717) is 17.0 Å². The van der Waals surface area contributed by atoms with Crippen molar-refractivity contribution in [2.45, 2.75) is 13.3 Å². The van der Waals surface area contributed by atoms with Crippen molar-refractivity contribution in [1.29, 1.82) is 0 Å². The van der Waals surface area contributed by atoms with Gasteiger partial charge in [-0.25, -0.2) is 0 Å². The number of carbonyl (C=O) groups is 1. The number of amidine groups is 1. The Bertz CT molecular complexity index is 468. The number of carbonyl (C=O) groups excluding carboxylic acids is 1. The van der Waals surface area contributed by atoms with Gasteiger partial charge in [0.05, 0.1) is 0 Å². The maximum Gasteiger partial charge on any atom is 0.253 e. The van der Waals surface area contributed by atoms with E-state index in [4.69, 9.17) is 10.9 Å². The first-order valence-electron chi connectivity index (χ1n) is 5.99. The second kappa shape index (κ2) is 5.08. The maximum atomic E-state index is 12.2. The Morgan fingerprint density at radius 2 is 2.00 bits per heavy atom. The highest BCUT2D eigenvalue weighted by Gasteiger charge is 2.23. The van der Waals surface area contributed by atoms with Crippen molar-refractivity contribution in [3.05, 3.63) is 35.4 Å². The second-order valence-corrected chi connectivity index (χ2v) is 4.71. The number of nitrogens with two attached hydrogens (primary N) is 1. The summed E-state index contributed by atoms with van der Waals surface area (Å²) >= 11 is 0. The third-order valence-electron chi connectivity index (χ3n) is 3.25. The fourth-order valence-electron chi connectivity index (χ4n) is 2.14. The maximum absolute atomic E-state index is 12.2. The first kappa shape index (κ1) is 12.4. The fraction of sp³-hybridized carbons (Fsp3) is 0.385. The summed E-state index contributed by atoms with van der Waals surface area (Å²) in [5, 5.41) is 11.5. The van der Waals surface area contributed by atoms with E-state index in [0.717, 1.165) is 19.5 Å². The Labute approximate surface area is 106 Å². The molecule has 5 nitrogen and oxygen atoms in total. The van der Waals surface area contributed by atoms with E-state index in [1.807, 2.05) is 4.90 Å². The summed E-state index contributed by atoms with van der Waals surface area (Å²) < 4.78 is 0. The number of hydrogen-bond acceptors (Lipinski definition) is 3. The predicted octanol–water partition coefficient (Wildman–Crippen LogP) is 1.26. The van der Waals surface area contributed by atoms with E-state index < -0.39 is 0 Å². The zero-order valence-electron chi connectivity index (χ0n) is 10.3. The molecule has 3 N–H and O–H groups in total. The number of likely N-dealkylation sites (tertiary alicyclic amines) is 1. The van der Waals surface area contributed by atoms with Crippen LogP contribution in [0, 0.1) is 5.92 Å². The van der Waals surface area contributed by atoms with Gasteiger partial charge in [0.2, 0.25) is 0 Å². The molecule has 0 saturated carbocycles. The SMILES string of the molecule is CC1CCN(C(=O)c2ccc(/C(N)=N/O)cc2)C1. The van der Waals surface area contributed by atoms with Gasteiger partial charge in [0.15, 0.2) is 5.84 Å². The minimum absolute atomic E-state index is 0.0452. The fourth-order valence-corrected chi connectivity index (χ4v) is 2.14. The summed E-state index contributed by atoms with van der Waals surface area (Å²) in [4.78, 5) is 14.0. The summed E-state index contributed by atoms with van der Waals surface area (Å²) in [6, 6.07) is 6.78. The Hall–Kier alpha value is -2.04. The van der Waals surface area contributed by atoms with Crippen LogP contribution in [0.4, 0.5) is 0 Å². The quantitative estimate of drug-likeness (QED) is 0.357. The van der Waals surface area contributed by atoms with Crippen LogP contribution in [0.2, 0.25) is 0 Å². The molecule has 1 fully saturated rings. The predicted molar refractivity (Wildman–Crippen MR) is 68.6 cm³/mol. The highest BCUT2D eigenvalue weighted by atomic mass is 16.4. The van der Waals surface area contributed by atoms with E-state index >= 15 is 0 Å². The average molecular weight is 247 g/mol. The number of benzene rings is 1. The zero-order chi connectivity index (χ0) is 13.1. The summed E-state index contributed by atoms with van der Waals surface area (Å²) in [5.74, 6) is 0.666. The van der Waals surface area contributed by atoms with E-state index in [-0.39, 0.29) is 11.7 Å². The topological polar surface area (TPSA) is 78.9 Å². The van der Waals surface area contributed by atoms with Crippen molar-refractivity contribution < 1.29 is 10.0 Å². The van der Waals surface area contributed by atoms with Gasteiger partial charge < -0.3 is 15.8 Å². The van der Waals surface area contributed by atoms with Crippen LogP contribution in [0.25, 0.3) is 0 Å². The minimum atomic E-state index is 0.0452. The Kier molecular flexibility index (Phi) is 3.50. The molecular formula is C13H17N3O2. The summed E-state index contributed by atoms with van der Waals surface area (Å²) in [6.07, 6.45) is 1.06. The third kappa shape index (κ3) is 2.45. The first-order chi connectivity index (χ1) is 8.61. The highest BCUT2D eigenvalue weighted by molar-refractivity contribution is 5.99.